The summed E-state index contributed by atoms with van der Waals surface area (Å²) in [6, 6.07) is 3.54. The SMILES string of the molecule is CN1CCCN(c2ccc(C(F)(F)F)cc2N)C1. The average Bonchev–Trinajstić information content (AvgIpc) is 2.27. The van der Waals surface area contributed by atoms with Crippen LogP contribution in [0.1, 0.15) is 12.0 Å². The van der Waals surface area contributed by atoms with E-state index < -0.39 is 11.7 Å². The maximum Gasteiger partial charge on any atom is 0.416 e. The molecule has 2 N–H and O–H groups in total. The van der Waals surface area contributed by atoms with E-state index in [1.54, 1.807) is 0 Å². The summed E-state index contributed by atoms with van der Waals surface area (Å²) < 4.78 is 37.6. The first-order chi connectivity index (χ1) is 8.38. The lowest BCUT2D eigenvalue weighted by Crippen LogP contribution is -2.43. The number of benzene rings is 1. The van der Waals surface area contributed by atoms with Crippen molar-refractivity contribution in [1.82, 2.24) is 4.90 Å². The molecule has 0 radical (unpaired) electrons. The molecule has 0 unspecified atom stereocenters. The third-order valence-corrected chi connectivity index (χ3v) is 3.08. The van der Waals surface area contributed by atoms with Gasteiger partial charge < -0.3 is 10.6 Å². The van der Waals surface area contributed by atoms with Crippen LogP contribution in [-0.4, -0.2) is 31.7 Å². The number of nitrogen functional groups attached to an aromatic ring is 1. The van der Waals surface area contributed by atoms with E-state index in [1.165, 1.54) is 6.07 Å². The van der Waals surface area contributed by atoms with Gasteiger partial charge in [0.15, 0.2) is 0 Å². The molecule has 1 aliphatic heterocycles. The predicted octanol–water partition coefficient (Wildman–Crippen LogP) is 2.39. The molecule has 6 heteroatoms. The maximum atomic E-state index is 12.5. The van der Waals surface area contributed by atoms with Crippen LogP contribution in [0.5, 0.6) is 0 Å². The zero-order valence-corrected chi connectivity index (χ0v) is 10.2. The normalized spacial score (nSPS) is 18.1. The van der Waals surface area contributed by atoms with E-state index in [1.807, 2.05) is 11.9 Å². The zero-order chi connectivity index (χ0) is 13.3. The zero-order valence-electron chi connectivity index (χ0n) is 10.2. The largest absolute Gasteiger partial charge is 0.416 e. The Hall–Kier alpha value is -1.43. The van der Waals surface area contributed by atoms with Crippen molar-refractivity contribution in [3.8, 4) is 0 Å². The topological polar surface area (TPSA) is 32.5 Å². The number of anilines is 2. The van der Waals surface area contributed by atoms with Gasteiger partial charge in [0.25, 0.3) is 0 Å². The van der Waals surface area contributed by atoms with Crippen LogP contribution in [0.15, 0.2) is 18.2 Å². The minimum absolute atomic E-state index is 0.181. The van der Waals surface area contributed by atoms with Crippen molar-refractivity contribution in [3.63, 3.8) is 0 Å². The van der Waals surface area contributed by atoms with Gasteiger partial charge in [-0.15, -0.1) is 0 Å². The van der Waals surface area contributed by atoms with Gasteiger partial charge in [-0.2, -0.15) is 13.2 Å². The molecule has 100 valence electrons. The lowest BCUT2D eigenvalue weighted by molar-refractivity contribution is -0.137. The molecular formula is C12H16F3N3. The first-order valence-electron chi connectivity index (χ1n) is 5.78. The van der Waals surface area contributed by atoms with Crippen molar-refractivity contribution in [2.75, 3.05) is 37.4 Å². The van der Waals surface area contributed by atoms with Gasteiger partial charge in [-0.1, -0.05) is 0 Å². The van der Waals surface area contributed by atoms with E-state index in [9.17, 15) is 13.2 Å². The smallest absolute Gasteiger partial charge is 0.397 e. The van der Waals surface area contributed by atoms with E-state index in [0.29, 0.717) is 12.4 Å². The molecule has 0 amide bonds. The highest BCUT2D eigenvalue weighted by molar-refractivity contribution is 5.68. The maximum absolute atomic E-state index is 12.5. The molecule has 2 rings (SSSR count). The van der Waals surface area contributed by atoms with Crippen LogP contribution >= 0.6 is 0 Å². The molecule has 0 atom stereocenters. The summed E-state index contributed by atoms with van der Waals surface area (Å²) in [6.07, 6.45) is -3.36. The predicted molar refractivity (Wildman–Crippen MR) is 65.3 cm³/mol. The van der Waals surface area contributed by atoms with Crippen molar-refractivity contribution >= 4 is 11.4 Å². The molecule has 1 aromatic carbocycles. The standard InChI is InChI=1S/C12H16F3N3/c1-17-5-2-6-18(8-17)11-4-3-9(7-10(11)16)12(13,14)15/h3-4,7H,2,5-6,8,16H2,1H3. The Labute approximate surface area is 104 Å². The summed E-state index contributed by atoms with van der Waals surface area (Å²) in [5, 5.41) is 0. The van der Waals surface area contributed by atoms with Crippen molar-refractivity contribution in [3.05, 3.63) is 23.8 Å². The molecular weight excluding hydrogens is 243 g/mol. The lowest BCUT2D eigenvalue weighted by Gasteiger charge is -2.35. The molecule has 1 saturated heterocycles. The second-order valence-electron chi connectivity index (χ2n) is 4.61. The van der Waals surface area contributed by atoms with Crippen molar-refractivity contribution < 1.29 is 13.2 Å². The quantitative estimate of drug-likeness (QED) is 0.786. The van der Waals surface area contributed by atoms with Gasteiger partial charge in [-0.3, -0.25) is 4.90 Å². The van der Waals surface area contributed by atoms with Gasteiger partial charge in [0.1, 0.15) is 0 Å². The summed E-state index contributed by atoms with van der Waals surface area (Å²) >= 11 is 0. The van der Waals surface area contributed by atoms with Gasteiger partial charge in [-0.05, 0) is 31.7 Å². The summed E-state index contributed by atoms with van der Waals surface area (Å²) in [7, 11) is 1.98. The van der Waals surface area contributed by atoms with Crippen LogP contribution in [-0.2, 0) is 6.18 Å². The van der Waals surface area contributed by atoms with Crippen LogP contribution < -0.4 is 10.6 Å². The third-order valence-electron chi connectivity index (χ3n) is 3.08. The van der Waals surface area contributed by atoms with Crippen LogP contribution in [0.25, 0.3) is 0 Å². The highest BCUT2D eigenvalue weighted by atomic mass is 19.4. The number of nitrogens with zero attached hydrogens (tertiary/aromatic N) is 2. The summed E-state index contributed by atoms with van der Waals surface area (Å²) in [5.74, 6) is 0. The number of hydrogen-bond donors (Lipinski definition) is 1. The van der Waals surface area contributed by atoms with Crippen molar-refractivity contribution in [1.29, 1.82) is 0 Å². The number of nitrogens with two attached hydrogens (primary N) is 1. The minimum atomic E-state index is -4.34. The minimum Gasteiger partial charge on any atom is -0.397 e. The Morgan fingerprint density at radius 2 is 1.94 bits per heavy atom. The molecule has 1 aliphatic rings. The van der Waals surface area contributed by atoms with Crippen LogP contribution in [0, 0.1) is 0 Å². The van der Waals surface area contributed by atoms with Crippen LogP contribution in [0.4, 0.5) is 24.5 Å². The van der Waals surface area contributed by atoms with E-state index in [0.717, 1.165) is 31.6 Å². The van der Waals surface area contributed by atoms with Gasteiger partial charge in [0.2, 0.25) is 0 Å². The van der Waals surface area contributed by atoms with E-state index in [4.69, 9.17) is 5.73 Å². The fourth-order valence-corrected chi connectivity index (χ4v) is 2.18. The fourth-order valence-electron chi connectivity index (χ4n) is 2.18. The van der Waals surface area contributed by atoms with Crippen LogP contribution in [0.3, 0.4) is 0 Å². The molecule has 3 nitrogen and oxygen atoms in total. The Balaban J connectivity index is 2.24. The van der Waals surface area contributed by atoms with Crippen LogP contribution in [0.2, 0.25) is 0 Å². The molecule has 0 bridgehead atoms. The summed E-state index contributed by atoms with van der Waals surface area (Å²) in [4.78, 5) is 4.11. The molecule has 0 spiro atoms. The van der Waals surface area contributed by atoms with Crippen molar-refractivity contribution in [2.24, 2.45) is 0 Å². The van der Waals surface area contributed by atoms with Gasteiger partial charge in [-0.25, -0.2) is 0 Å². The fraction of sp³-hybridized carbons (Fsp3) is 0.500. The molecule has 0 saturated carbocycles. The molecule has 1 heterocycles. The van der Waals surface area contributed by atoms with E-state index in [2.05, 4.69) is 4.90 Å². The van der Waals surface area contributed by atoms with Gasteiger partial charge >= 0.3 is 6.18 Å². The second-order valence-corrected chi connectivity index (χ2v) is 4.61. The Morgan fingerprint density at radius 1 is 1.22 bits per heavy atom. The first-order valence-corrected chi connectivity index (χ1v) is 5.78. The molecule has 0 aromatic heterocycles. The van der Waals surface area contributed by atoms with Crippen molar-refractivity contribution in [2.45, 2.75) is 12.6 Å². The molecule has 0 aliphatic carbocycles. The number of rotatable bonds is 1. The third kappa shape index (κ3) is 2.69. The summed E-state index contributed by atoms with van der Waals surface area (Å²) in [6.45, 7) is 2.51. The van der Waals surface area contributed by atoms with Gasteiger partial charge in [0, 0.05) is 13.1 Å². The number of halogens is 3. The first kappa shape index (κ1) is 13.0. The molecule has 1 fully saturated rings. The molecule has 18 heavy (non-hydrogen) atoms. The monoisotopic (exact) mass is 259 g/mol. The summed E-state index contributed by atoms with van der Waals surface area (Å²) in [5.41, 5.74) is 5.89. The number of alkyl halides is 3. The van der Waals surface area contributed by atoms with E-state index in [-0.39, 0.29) is 5.69 Å². The van der Waals surface area contributed by atoms with E-state index >= 15 is 0 Å². The number of hydrogen-bond acceptors (Lipinski definition) is 3. The average molecular weight is 259 g/mol. The molecule has 1 aromatic rings. The lowest BCUT2D eigenvalue weighted by atomic mass is 10.1. The Kier molecular flexibility index (Phi) is 3.38. The Bertz CT molecular complexity index is 431. The highest BCUT2D eigenvalue weighted by Gasteiger charge is 2.31. The van der Waals surface area contributed by atoms with Gasteiger partial charge in [0.05, 0.1) is 23.6 Å². The second kappa shape index (κ2) is 4.68. The Morgan fingerprint density at radius 3 is 2.50 bits per heavy atom. The highest BCUT2D eigenvalue weighted by Crippen LogP contribution is 2.34.